The minimum atomic E-state index is -0.939. The highest BCUT2D eigenvalue weighted by Crippen LogP contribution is 2.28. The smallest absolute Gasteiger partial charge is 0.325 e. The summed E-state index contributed by atoms with van der Waals surface area (Å²) >= 11 is 0. The van der Waals surface area contributed by atoms with Gasteiger partial charge in [-0.3, -0.25) is 9.69 Å². The van der Waals surface area contributed by atoms with E-state index in [4.69, 9.17) is 4.74 Å². The van der Waals surface area contributed by atoms with Crippen LogP contribution >= 0.6 is 0 Å². The summed E-state index contributed by atoms with van der Waals surface area (Å²) in [5.74, 6) is -1.29. The Kier molecular flexibility index (Phi) is 4.37. The van der Waals surface area contributed by atoms with Crippen LogP contribution in [-0.4, -0.2) is 35.7 Å². The Labute approximate surface area is 111 Å². The van der Waals surface area contributed by atoms with Crippen molar-refractivity contribution < 1.29 is 19.0 Å². The maximum Gasteiger partial charge on any atom is 0.325 e. The molecule has 1 aliphatic heterocycles. The Morgan fingerprint density at radius 1 is 1.47 bits per heavy atom. The number of hydrogen-bond acceptors (Lipinski definition) is 3. The van der Waals surface area contributed by atoms with Crippen molar-refractivity contribution in [2.45, 2.75) is 25.8 Å². The van der Waals surface area contributed by atoms with Crippen molar-refractivity contribution in [1.82, 2.24) is 4.90 Å². The van der Waals surface area contributed by atoms with E-state index in [0.717, 1.165) is 25.9 Å². The van der Waals surface area contributed by atoms with Crippen LogP contribution in [0, 0.1) is 5.82 Å². The molecule has 1 N–H and O–H groups in total. The zero-order chi connectivity index (χ0) is 13.8. The molecular weight excluding hydrogens is 249 g/mol. The third-order valence-corrected chi connectivity index (χ3v) is 3.31. The predicted octanol–water partition coefficient (Wildman–Crippen LogP) is 2.45. The third-order valence-electron chi connectivity index (χ3n) is 3.31. The predicted molar refractivity (Wildman–Crippen MR) is 68.8 cm³/mol. The van der Waals surface area contributed by atoms with E-state index in [0.29, 0.717) is 12.2 Å². The molecule has 0 aliphatic carbocycles. The lowest BCUT2D eigenvalue weighted by atomic mass is 10.1. The van der Waals surface area contributed by atoms with Crippen molar-refractivity contribution in [3.05, 3.63) is 29.6 Å². The number of hydrogen-bond donors (Lipinski definition) is 1. The van der Waals surface area contributed by atoms with Gasteiger partial charge < -0.3 is 9.84 Å². The number of ether oxygens (including phenoxy) is 1. The van der Waals surface area contributed by atoms with Crippen LogP contribution < -0.4 is 4.74 Å². The van der Waals surface area contributed by atoms with Gasteiger partial charge in [-0.15, -0.1) is 0 Å². The largest absolute Gasteiger partial charge is 0.491 e. The van der Waals surface area contributed by atoms with Crippen LogP contribution in [0.1, 0.15) is 31.4 Å². The van der Waals surface area contributed by atoms with Crippen LogP contribution in [0.15, 0.2) is 18.2 Å². The second kappa shape index (κ2) is 6.02. The maximum atomic E-state index is 13.8. The quantitative estimate of drug-likeness (QED) is 0.890. The van der Waals surface area contributed by atoms with Gasteiger partial charge in [-0.25, -0.2) is 4.39 Å². The average molecular weight is 267 g/mol. The van der Waals surface area contributed by atoms with E-state index in [9.17, 15) is 14.3 Å². The molecule has 4 nitrogen and oxygen atoms in total. The van der Waals surface area contributed by atoms with Gasteiger partial charge in [-0.2, -0.15) is 0 Å². The summed E-state index contributed by atoms with van der Waals surface area (Å²) in [5, 5.41) is 9.36. The van der Waals surface area contributed by atoms with E-state index in [1.807, 2.05) is 4.90 Å². The summed E-state index contributed by atoms with van der Waals surface area (Å²) in [7, 11) is 0. The molecular formula is C14H18FNO3. The summed E-state index contributed by atoms with van der Waals surface area (Å²) < 4.78 is 18.9. The van der Waals surface area contributed by atoms with Crippen LogP contribution in [0.3, 0.4) is 0 Å². The number of benzene rings is 1. The highest BCUT2D eigenvalue weighted by Gasteiger charge is 2.30. The Morgan fingerprint density at radius 3 is 2.68 bits per heavy atom. The Hall–Kier alpha value is -1.62. The topological polar surface area (TPSA) is 49.8 Å². The first-order chi connectivity index (χ1) is 9.13. The van der Waals surface area contributed by atoms with Crippen LogP contribution in [0.4, 0.5) is 4.39 Å². The highest BCUT2D eigenvalue weighted by molar-refractivity contribution is 5.75. The van der Waals surface area contributed by atoms with E-state index < -0.39 is 17.8 Å². The summed E-state index contributed by atoms with van der Waals surface area (Å²) in [6.45, 7) is 3.64. The Bertz CT molecular complexity index is 458. The lowest BCUT2D eigenvalue weighted by Gasteiger charge is -2.24. The van der Waals surface area contributed by atoms with E-state index in [2.05, 4.69) is 0 Å². The van der Waals surface area contributed by atoms with Crippen molar-refractivity contribution in [2.24, 2.45) is 0 Å². The minimum absolute atomic E-state index is 0.164. The zero-order valence-electron chi connectivity index (χ0n) is 10.9. The molecule has 2 rings (SSSR count). The van der Waals surface area contributed by atoms with Gasteiger partial charge in [-0.1, -0.05) is 6.07 Å². The number of nitrogens with zero attached hydrogens (tertiary/aromatic N) is 1. The lowest BCUT2D eigenvalue weighted by molar-refractivity contribution is -0.143. The van der Waals surface area contributed by atoms with Gasteiger partial charge >= 0.3 is 5.97 Å². The van der Waals surface area contributed by atoms with Gasteiger partial charge in [0, 0.05) is 0 Å². The van der Waals surface area contributed by atoms with E-state index in [1.165, 1.54) is 12.1 Å². The first kappa shape index (κ1) is 13.8. The number of aliphatic carboxylic acids is 1. The Balaban J connectivity index is 2.26. The number of carboxylic acids is 1. The molecule has 0 radical (unpaired) electrons. The molecule has 0 bridgehead atoms. The molecule has 1 aromatic carbocycles. The first-order valence-electron chi connectivity index (χ1n) is 6.52. The van der Waals surface area contributed by atoms with Crippen LogP contribution in [0.2, 0.25) is 0 Å². The number of halogens is 1. The average Bonchev–Trinajstić information content (AvgIpc) is 2.86. The maximum absolute atomic E-state index is 13.8. The van der Waals surface area contributed by atoms with Crippen molar-refractivity contribution in [2.75, 3.05) is 19.7 Å². The van der Waals surface area contributed by atoms with Crippen molar-refractivity contribution in [3.63, 3.8) is 0 Å². The summed E-state index contributed by atoms with van der Waals surface area (Å²) in [6, 6.07) is 3.63. The molecule has 1 aromatic rings. The van der Waals surface area contributed by atoms with Gasteiger partial charge in [0.15, 0.2) is 11.6 Å². The first-order valence-corrected chi connectivity index (χ1v) is 6.52. The molecule has 1 heterocycles. The lowest BCUT2D eigenvalue weighted by Crippen LogP contribution is -2.31. The molecule has 0 aromatic heterocycles. The monoisotopic (exact) mass is 267 g/mol. The van der Waals surface area contributed by atoms with Crippen molar-refractivity contribution in [1.29, 1.82) is 0 Å². The highest BCUT2D eigenvalue weighted by atomic mass is 19.1. The minimum Gasteiger partial charge on any atom is -0.491 e. The Morgan fingerprint density at radius 2 is 2.16 bits per heavy atom. The van der Waals surface area contributed by atoms with Crippen molar-refractivity contribution >= 4 is 5.97 Å². The molecule has 5 heteroatoms. The second-order valence-corrected chi connectivity index (χ2v) is 4.61. The second-order valence-electron chi connectivity index (χ2n) is 4.61. The fraction of sp³-hybridized carbons (Fsp3) is 0.500. The summed E-state index contributed by atoms with van der Waals surface area (Å²) in [4.78, 5) is 13.3. The van der Waals surface area contributed by atoms with Gasteiger partial charge in [0.1, 0.15) is 6.04 Å². The summed E-state index contributed by atoms with van der Waals surface area (Å²) in [5.41, 5.74) is 0.468. The number of carboxylic acid groups (broad SMARTS) is 1. The SMILES string of the molecule is CCOc1ccc(C(C(=O)O)N2CCCC2)cc1F. The zero-order valence-corrected chi connectivity index (χ0v) is 10.9. The molecule has 1 saturated heterocycles. The standard InChI is InChI=1S/C14H18FNO3/c1-2-19-12-6-5-10(9-11(12)15)13(14(17)18)16-7-3-4-8-16/h5-6,9,13H,2-4,7-8H2,1H3,(H,17,18). The molecule has 0 saturated carbocycles. The van der Waals surface area contributed by atoms with Crippen LogP contribution in [0.5, 0.6) is 5.75 Å². The van der Waals surface area contributed by atoms with Crippen molar-refractivity contribution in [3.8, 4) is 5.75 Å². The normalized spacial score (nSPS) is 17.4. The molecule has 0 amide bonds. The molecule has 1 fully saturated rings. The summed E-state index contributed by atoms with van der Waals surface area (Å²) in [6.07, 6.45) is 1.98. The molecule has 1 aliphatic rings. The number of rotatable bonds is 5. The van der Waals surface area contributed by atoms with Crippen LogP contribution in [0.25, 0.3) is 0 Å². The fourth-order valence-electron chi connectivity index (χ4n) is 2.47. The molecule has 1 atom stereocenters. The fourth-order valence-corrected chi connectivity index (χ4v) is 2.47. The van der Waals surface area contributed by atoms with E-state index >= 15 is 0 Å². The van der Waals surface area contributed by atoms with E-state index in [-0.39, 0.29) is 5.75 Å². The number of carbonyl (C=O) groups is 1. The molecule has 104 valence electrons. The molecule has 0 spiro atoms. The molecule has 1 unspecified atom stereocenters. The molecule has 19 heavy (non-hydrogen) atoms. The van der Waals surface area contributed by atoms with Crippen LogP contribution in [-0.2, 0) is 4.79 Å². The van der Waals surface area contributed by atoms with Gasteiger partial charge in [-0.05, 0) is 50.6 Å². The van der Waals surface area contributed by atoms with Gasteiger partial charge in [0.2, 0.25) is 0 Å². The van der Waals surface area contributed by atoms with Gasteiger partial charge in [0.25, 0.3) is 0 Å². The van der Waals surface area contributed by atoms with Gasteiger partial charge in [0.05, 0.1) is 6.61 Å². The third kappa shape index (κ3) is 3.04. The van der Waals surface area contributed by atoms with E-state index in [1.54, 1.807) is 13.0 Å². The number of likely N-dealkylation sites (tertiary alicyclic amines) is 1.